The number of rotatable bonds is 4. The topological polar surface area (TPSA) is 119 Å². The number of nitrogen functional groups attached to an aromatic ring is 1. The van der Waals surface area contributed by atoms with Gasteiger partial charge in [0, 0.05) is 29.4 Å². The highest BCUT2D eigenvalue weighted by Crippen LogP contribution is 2.28. The number of nitrogens with one attached hydrogen (secondary N) is 1. The van der Waals surface area contributed by atoms with Crippen LogP contribution in [0, 0.1) is 15.5 Å². The average Bonchev–Trinajstić information content (AvgIpc) is 2.39. The highest BCUT2D eigenvalue weighted by molar-refractivity contribution is 7.99. The standard InChI is InChI=1S/C11H9N5O2S/c12-10(13)9-11(15-6-5-14-9)19-8-3-1-7(2-4-8)16(17)18/h1-6H,(H3,12,13). The second-order valence-corrected chi connectivity index (χ2v) is 4.54. The lowest BCUT2D eigenvalue weighted by Crippen LogP contribution is -2.14. The number of non-ortho nitro benzene ring substituents is 1. The third-order valence-corrected chi connectivity index (χ3v) is 3.18. The summed E-state index contributed by atoms with van der Waals surface area (Å²) >= 11 is 1.25. The van der Waals surface area contributed by atoms with E-state index in [-0.39, 0.29) is 11.5 Å². The maximum atomic E-state index is 10.5. The summed E-state index contributed by atoms with van der Waals surface area (Å²) in [6, 6.07) is 6.04. The van der Waals surface area contributed by atoms with E-state index in [0.717, 1.165) is 4.90 Å². The molecule has 0 radical (unpaired) electrons. The number of hydrogen-bond acceptors (Lipinski definition) is 6. The Hall–Kier alpha value is -2.48. The summed E-state index contributed by atoms with van der Waals surface area (Å²) in [5.41, 5.74) is 5.73. The van der Waals surface area contributed by atoms with Gasteiger partial charge in [-0.1, -0.05) is 11.8 Å². The molecule has 8 heteroatoms. The van der Waals surface area contributed by atoms with Crippen molar-refractivity contribution in [3.8, 4) is 0 Å². The van der Waals surface area contributed by atoms with Crippen molar-refractivity contribution in [1.29, 1.82) is 5.41 Å². The second kappa shape index (κ2) is 5.44. The second-order valence-electron chi connectivity index (χ2n) is 3.48. The van der Waals surface area contributed by atoms with E-state index in [1.54, 1.807) is 12.1 Å². The van der Waals surface area contributed by atoms with Gasteiger partial charge in [0.2, 0.25) is 0 Å². The van der Waals surface area contributed by atoms with Crippen LogP contribution >= 0.6 is 11.8 Å². The zero-order valence-corrected chi connectivity index (χ0v) is 10.4. The van der Waals surface area contributed by atoms with Gasteiger partial charge >= 0.3 is 0 Å². The van der Waals surface area contributed by atoms with Crippen LogP contribution in [-0.4, -0.2) is 20.7 Å². The Labute approximate surface area is 112 Å². The largest absolute Gasteiger partial charge is 0.382 e. The van der Waals surface area contributed by atoms with Crippen molar-refractivity contribution in [2.45, 2.75) is 9.92 Å². The number of hydrogen-bond donors (Lipinski definition) is 2. The minimum atomic E-state index is -0.461. The molecule has 0 spiro atoms. The van der Waals surface area contributed by atoms with E-state index in [9.17, 15) is 10.1 Å². The van der Waals surface area contributed by atoms with Crippen LogP contribution < -0.4 is 5.73 Å². The first-order valence-corrected chi connectivity index (χ1v) is 5.97. The zero-order chi connectivity index (χ0) is 13.8. The molecule has 1 heterocycles. The van der Waals surface area contributed by atoms with Crippen molar-refractivity contribution in [2.24, 2.45) is 5.73 Å². The molecule has 96 valence electrons. The Kier molecular flexibility index (Phi) is 3.71. The summed E-state index contributed by atoms with van der Waals surface area (Å²) in [6.07, 6.45) is 2.96. The minimum absolute atomic E-state index is 0.0234. The van der Waals surface area contributed by atoms with E-state index in [4.69, 9.17) is 11.1 Å². The molecule has 0 aliphatic rings. The van der Waals surface area contributed by atoms with E-state index in [1.165, 1.54) is 36.3 Å². The molecule has 0 fully saturated rings. The molecule has 0 aliphatic heterocycles. The van der Waals surface area contributed by atoms with Crippen molar-refractivity contribution in [1.82, 2.24) is 9.97 Å². The van der Waals surface area contributed by atoms with E-state index in [1.807, 2.05) is 0 Å². The smallest absolute Gasteiger partial charge is 0.269 e. The van der Waals surface area contributed by atoms with Gasteiger partial charge in [-0.3, -0.25) is 15.5 Å². The van der Waals surface area contributed by atoms with Crippen molar-refractivity contribution in [3.05, 3.63) is 52.5 Å². The van der Waals surface area contributed by atoms with Gasteiger partial charge in [-0.15, -0.1) is 0 Å². The van der Waals surface area contributed by atoms with Crippen LogP contribution in [0.1, 0.15) is 5.69 Å². The van der Waals surface area contributed by atoms with Gasteiger partial charge in [0.1, 0.15) is 16.6 Å². The SMILES string of the molecule is N=C(N)c1nccnc1Sc1ccc([N+](=O)[O-])cc1. The summed E-state index contributed by atoms with van der Waals surface area (Å²) in [4.78, 5) is 18.9. The van der Waals surface area contributed by atoms with Crippen LogP contribution in [-0.2, 0) is 0 Å². The molecule has 0 unspecified atom stereocenters. The molecule has 0 saturated carbocycles. The van der Waals surface area contributed by atoms with Crippen molar-refractivity contribution in [2.75, 3.05) is 0 Å². The van der Waals surface area contributed by atoms with Gasteiger partial charge in [-0.25, -0.2) is 9.97 Å². The third kappa shape index (κ3) is 3.05. The fraction of sp³-hybridized carbons (Fsp3) is 0. The zero-order valence-electron chi connectivity index (χ0n) is 9.61. The van der Waals surface area contributed by atoms with E-state index in [2.05, 4.69) is 9.97 Å². The Morgan fingerprint density at radius 3 is 2.47 bits per heavy atom. The molecule has 19 heavy (non-hydrogen) atoms. The predicted molar refractivity (Wildman–Crippen MR) is 70.3 cm³/mol. The Morgan fingerprint density at radius 1 is 1.26 bits per heavy atom. The van der Waals surface area contributed by atoms with Crippen LogP contribution in [0.25, 0.3) is 0 Å². The lowest BCUT2D eigenvalue weighted by atomic mass is 10.3. The van der Waals surface area contributed by atoms with Crippen LogP contribution in [0.4, 0.5) is 5.69 Å². The first-order valence-electron chi connectivity index (χ1n) is 5.15. The lowest BCUT2D eigenvalue weighted by molar-refractivity contribution is -0.384. The molecule has 7 nitrogen and oxygen atoms in total. The Bertz CT molecular complexity index is 629. The third-order valence-electron chi connectivity index (χ3n) is 2.18. The number of nitro groups is 1. The molecule has 0 bridgehead atoms. The van der Waals surface area contributed by atoms with Gasteiger partial charge in [0.05, 0.1) is 4.92 Å². The molecule has 3 N–H and O–H groups in total. The fourth-order valence-corrected chi connectivity index (χ4v) is 2.20. The Morgan fingerprint density at radius 2 is 1.89 bits per heavy atom. The monoisotopic (exact) mass is 275 g/mol. The summed E-state index contributed by atoms with van der Waals surface area (Å²) in [5.74, 6) is -0.169. The van der Waals surface area contributed by atoms with Crippen LogP contribution in [0.3, 0.4) is 0 Å². The average molecular weight is 275 g/mol. The first-order chi connectivity index (χ1) is 9.08. The number of nitrogens with zero attached hydrogens (tertiary/aromatic N) is 3. The number of aromatic nitrogens is 2. The van der Waals surface area contributed by atoms with Crippen molar-refractivity contribution in [3.63, 3.8) is 0 Å². The molecule has 1 aromatic heterocycles. The van der Waals surface area contributed by atoms with Crippen molar-refractivity contribution >= 4 is 23.3 Å². The molecule has 0 aliphatic carbocycles. The van der Waals surface area contributed by atoms with Gasteiger partial charge in [-0.05, 0) is 12.1 Å². The molecule has 0 atom stereocenters. The molecule has 1 aromatic carbocycles. The van der Waals surface area contributed by atoms with Gasteiger partial charge in [-0.2, -0.15) is 0 Å². The maximum absolute atomic E-state index is 10.5. The molecule has 0 saturated heterocycles. The Balaban J connectivity index is 2.26. The van der Waals surface area contributed by atoms with Gasteiger partial charge in [0.25, 0.3) is 5.69 Å². The van der Waals surface area contributed by atoms with Crippen LogP contribution in [0.2, 0.25) is 0 Å². The normalized spacial score (nSPS) is 10.1. The molecular formula is C11H9N5O2S. The first kappa shape index (κ1) is 13.0. The lowest BCUT2D eigenvalue weighted by Gasteiger charge is -2.04. The number of nitro benzene ring substituents is 1. The summed E-state index contributed by atoms with van der Waals surface area (Å²) in [5, 5.41) is 18.4. The molecule has 2 aromatic rings. The number of amidine groups is 1. The molecule has 2 rings (SSSR count). The summed E-state index contributed by atoms with van der Waals surface area (Å²) in [6.45, 7) is 0. The summed E-state index contributed by atoms with van der Waals surface area (Å²) < 4.78 is 0. The van der Waals surface area contributed by atoms with Crippen LogP contribution in [0.15, 0.2) is 46.6 Å². The highest BCUT2D eigenvalue weighted by atomic mass is 32.2. The van der Waals surface area contributed by atoms with E-state index in [0.29, 0.717) is 10.7 Å². The van der Waals surface area contributed by atoms with E-state index < -0.39 is 4.92 Å². The fourth-order valence-electron chi connectivity index (χ4n) is 1.33. The van der Waals surface area contributed by atoms with Crippen LogP contribution in [0.5, 0.6) is 0 Å². The van der Waals surface area contributed by atoms with Crippen molar-refractivity contribution < 1.29 is 4.92 Å². The maximum Gasteiger partial charge on any atom is 0.269 e. The number of benzene rings is 1. The number of nitrogens with two attached hydrogens (primary N) is 1. The van der Waals surface area contributed by atoms with Gasteiger partial charge < -0.3 is 5.73 Å². The molecular weight excluding hydrogens is 266 g/mol. The minimum Gasteiger partial charge on any atom is -0.382 e. The van der Waals surface area contributed by atoms with Gasteiger partial charge in [0.15, 0.2) is 0 Å². The highest BCUT2D eigenvalue weighted by Gasteiger charge is 2.11. The predicted octanol–water partition coefficient (Wildman–Crippen LogP) is 1.82. The molecule has 0 amide bonds. The summed E-state index contributed by atoms with van der Waals surface area (Å²) in [7, 11) is 0. The quantitative estimate of drug-likeness (QED) is 0.380. The van der Waals surface area contributed by atoms with E-state index >= 15 is 0 Å².